The molecule has 0 N–H and O–H groups in total. The van der Waals surface area contributed by atoms with Gasteiger partial charge in [-0.1, -0.05) is 29.8 Å². The fraction of sp³-hybridized carbons (Fsp3) is 0.148. The summed E-state index contributed by atoms with van der Waals surface area (Å²) in [6.07, 6.45) is -2.23. The van der Waals surface area contributed by atoms with Crippen LogP contribution in [0.5, 0.6) is 0 Å². The number of nitriles is 1. The van der Waals surface area contributed by atoms with Gasteiger partial charge in [0.15, 0.2) is 0 Å². The predicted molar refractivity (Wildman–Crippen MR) is 136 cm³/mol. The monoisotopic (exact) mass is 538 g/mol. The van der Waals surface area contributed by atoms with Gasteiger partial charge in [-0.05, 0) is 43.3 Å². The molecule has 2 aromatic heterocycles. The Hall–Kier alpha value is -4.43. The quantitative estimate of drug-likeness (QED) is 0.185. The van der Waals surface area contributed by atoms with Gasteiger partial charge in [0.25, 0.3) is 10.0 Å². The molecule has 0 spiro atoms. The van der Waals surface area contributed by atoms with Crippen LogP contribution in [0.2, 0.25) is 0 Å². The van der Waals surface area contributed by atoms with Crippen LogP contribution < -0.4 is 0 Å². The topological polar surface area (TPSA) is 96.1 Å². The number of aromatic nitrogens is 2. The van der Waals surface area contributed by atoms with Crippen LogP contribution in [0.15, 0.2) is 83.5 Å². The molecule has 0 saturated heterocycles. The lowest BCUT2D eigenvalue weighted by Crippen LogP contribution is -2.20. The van der Waals surface area contributed by atoms with Gasteiger partial charge in [-0.15, -0.1) is 0 Å². The van der Waals surface area contributed by atoms with Crippen LogP contribution >= 0.6 is 0 Å². The van der Waals surface area contributed by atoms with Crippen LogP contribution in [0.3, 0.4) is 0 Å². The first-order chi connectivity index (χ1) is 17.8. The molecule has 0 aliphatic carbocycles. The molecule has 0 saturated carbocycles. The first kappa shape index (κ1) is 26.6. The zero-order chi connectivity index (χ0) is 27.8. The second kappa shape index (κ2) is 9.79. The van der Waals surface area contributed by atoms with Gasteiger partial charge in [0.2, 0.25) is 5.78 Å². The van der Waals surface area contributed by atoms with E-state index in [0.717, 1.165) is 21.7 Å². The van der Waals surface area contributed by atoms with Crippen molar-refractivity contribution in [3.05, 3.63) is 95.5 Å². The summed E-state index contributed by atoms with van der Waals surface area (Å²) < 4.78 is 69.5. The van der Waals surface area contributed by atoms with E-state index in [0.29, 0.717) is 0 Å². The van der Waals surface area contributed by atoms with Gasteiger partial charge in [0.1, 0.15) is 17.3 Å². The summed E-state index contributed by atoms with van der Waals surface area (Å²) in [7, 11) is -1.22. The Labute approximate surface area is 217 Å². The standard InChI is InChI=1S/C27H21F3N4O3S/c1-17-6-10-21(11-7-17)38(36,37)34-23-14-19(25-22(27(28,29)30)5-4-12-32-25)9-8-18(23)13-24(34)26(35)20(15-31)16-33(2)3/h4-14,16H,1-3H3/b20-16-. The number of carbonyl (C=O) groups is 1. The van der Waals surface area contributed by atoms with E-state index in [1.54, 1.807) is 39.2 Å². The van der Waals surface area contributed by atoms with Crippen LogP contribution in [0.1, 0.15) is 21.6 Å². The number of hydrogen-bond acceptors (Lipinski definition) is 6. The lowest BCUT2D eigenvalue weighted by atomic mass is 10.0. The van der Waals surface area contributed by atoms with Crippen molar-refractivity contribution in [3.8, 4) is 17.3 Å². The predicted octanol–water partition coefficient (Wildman–Crippen LogP) is 5.42. The molecule has 0 fully saturated rings. The second-order valence-corrected chi connectivity index (χ2v) is 10.5. The number of carbonyl (C=O) groups excluding carboxylic acids is 1. The van der Waals surface area contributed by atoms with Gasteiger partial charge in [-0.2, -0.15) is 18.4 Å². The van der Waals surface area contributed by atoms with Gasteiger partial charge in [-0.3, -0.25) is 9.78 Å². The number of hydrogen-bond donors (Lipinski definition) is 0. The van der Waals surface area contributed by atoms with Crippen LogP contribution in [-0.4, -0.2) is 42.2 Å². The SMILES string of the molecule is Cc1ccc(S(=O)(=O)n2c(C(=O)/C(C#N)=C\N(C)C)cc3ccc(-c4ncccc4C(F)(F)F)cc32)cc1. The van der Waals surface area contributed by atoms with Crippen molar-refractivity contribution in [2.24, 2.45) is 0 Å². The van der Waals surface area contributed by atoms with Gasteiger partial charge in [0, 0.05) is 37.4 Å². The molecule has 2 aromatic carbocycles. The third-order valence-corrected chi connectivity index (χ3v) is 7.43. The van der Waals surface area contributed by atoms with E-state index in [-0.39, 0.29) is 38.3 Å². The fourth-order valence-corrected chi connectivity index (χ4v) is 5.46. The molecule has 11 heteroatoms. The minimum atomic E-state index is -4.70. The first-order valence-corrected chi connectivity index (χ1v) is 12.6. The van der Waals surface area contributed by atoms with E-state index < -0.39 is 27.5 Å². The highest BCUT2D eigenvalue weighted by atomic mass is 32.2. The van der Waals surface area contributed by atoms with Gasteiger partial charge >= 0.3 is 6.18 Å². The number of pyridine rings is 1. The van der Waals surface area contributed by atoms with Crippen LogP contribution in [0.25, 0.3) is 22.2 Å². The maximum absolute atomic E-state index is 13.9. The highest BCUT2D eigenvalue weighted by Gasteiger charge is 2.35. The molecule has 0 unspecified atom stereocenters. The Morgan fingerprint density at radius 2 is 1.76 bits per heavy atom. The number of aryl methyl sites for hydroxylation is 1. The average molecular weight is 539 g/mol. The molecule has 0 bridgehead atoms. The van der Waals surface area contributed by atoms with E-state index in [1.807, 2.05) is 0 Å². The third-order valence-electron chi connectivity index (χ3n) is 5.69. The molecule has 0 atom stereocenters. The molecule has 38 heavy (non-hydrogen) atoms. The largest absolute Gasteiger partial charge is 0.418 e. The zero-order valence-electron chi connectivity index (χ0n) is 20.5. The minimum Gasteiger partial charge on any atom is -0.382 e. The number of alkyl halides is 3. The summed E-state index contributed by atoms with van der Waals surface area (Å²) >= 11 is 0. The summed E-state index contributed by atoms with van der Waals surface area (Å²) in [5, 5.41) is 9.86. The molecule has 0 aliphatic heterocycles. The van der Waals surface area contributed by atoms with E-state index in [2.05, 4.69) is 4.98 Å². The van der Waals surface area contributed by atoms with Crippen LogP contribution in [0, 0.1) is 18.3 Å². The Bertz CT molecular complexity index is 1730. The van der Waals surface area contributed by atoms with Crippen molar-refractivity contribution in [2.45, 2.75) is 18.0 Å². The summed E-state index contributed by atoms with van der Waals surface area (Å²) in [5.74, 6) is -0.858. The summed E-state index contributed by atoms with van der Waals surface area (Å²) in [4.78, 5) is 18.6. The highest BCUT2D eigenvalue weighted by Crippen LogP contribution is 2.37. The number of benzene rings is 2. The minimum absolute atomic E-state index is 0.00669. The van der Waals surface area contributed by atoms with Gasteiger partial charge in [-0.25, -0.2) is 12.4 Å². The number of halogens is 3. The number of nitrogens with zero attached hydrogens (tertiary/aromatic N) is 4. The van der Waals surface area contributed by atoms with Crippen molar-refractivity contribution in [1.82, 2.24) is 13.9 Å². The van der Waals surface area contributed by atoms with Crippen molar-refractivity contribution in [3.63, 3.8) is 0 Å². The van der Waals surface area contributed by atoms with Crippen molar-refractivity contribution < 1.29 is 26.4 Å². The molecule has 4 aromatic rings. The molecule has 0 aliphatic rings. The number of ketones is 1. The number of rotatable bonds is 6. The number of fused-ring (bicyclic) bond motifs is 1. The van der Waals surface area contributed by atoms with Gasteiger partial charge in [0.05, 0.1) is 21.7 Å². The lowest BCUT2D eigenvalue weighted by Gasteiger charge is -2.14. The number of allylic oxidation sites excluding steroid dienone is 1. The van der Waals surface area contributed by atoms with Crippen molar-refractivity contribution in [1.29, 1.82) is 5.26 Å². The maximum Gasteiger partial charge on any atom is 0.418 e. The Kier molecular flexibility index (Phi) is 6.86. The summed E-state index contributed by atoms with van der Waals surface area (Å²) in [5.41, 5.74) is -1.25. The smallest absolute Gasteiger partial charge is 0.382 e. The lowest BCUT2D eigenvalue weighted by molar-refractivity contribution is -0.137. The number of Topliss-reactive ketones (excluding diaryl/α,β-unsaturated/α-hetero) is 1. The normalized spacial score (nSPS) is 12.4. The third kappa shape index (κ3) is 4.90. The molecular weight excluding hydrogens is 517 g/mol. The van der Waals surface area contributed by atoms with Gasteiger partial charge < -0.3 is 4.90 Å². The van der Waals surface area contributed by atoms with E-state index in [9.17, 15) is 31.6 Å². The summed E-state index contributed by atoms with van der Waals surface area (Å²) in [6.45, 7) is 1.78. The van der Waals surface area contributed by atoms with E-state index >= 15 is 0 Å². The molecule has 0 radical (unpaired) electrons. The molecule has 4 rings (SSSR count). The van der Waals surface area contributed by atoms with Crippen molar-refractivity contribution in [2.75, 3.05) is 14.1 Å². The zero-order valence-corrected chi connectivity index (χ0v) is 21.3. The Balaban J connectivity index is 2.06. The maximum atomic E-state index is 13.9. The summed E-state index contributed by atoms with van der Waals surface area (Å²) in [6, 6.07) is 15.1. The highest BCUT2D eigenvalue weighted by molar-refractivity contribution is 7.90. The molecular formula is C27H21F3N4O3S. The Morgan fingerprint density at radius 1 is 1.08 bits per heavy atom. The molecule has 194 valence electrons. The molecule has 2 heterocycles. The fourth-order valence-electron chi connectivity index (χ4n) is 3.96. The second-order valence-electron chi connectivity index (χ2n) is 8.73. The average Bonchev–Trinajstić information content (AvgIpc) is 3.26. The molecule has 0 amide bonds. The molecule has 7 nitrogen and oxygen atoms in total. The first-order valence-electron chi connectivity index (χ1n) is 11.2. The van der Waals surface area contributed by atoms with Crippen LogP contribution in [-0.2, 0) is 16.2 Å². The van der Waals surface area contributed by atoms with Crippen molar-refractivity contribution >= 4 is 26.7 Å². The Morgan fingerprint density at radius 3 is 2.37 bits per heavy atom. The van der Waals surface area contributed by atoms with E-state index in [4.69, 9.17) is 0 Å². The van der Waals surface area contributed by atoms with Crippen LogP contribution in [0.4, 0.5) is 13.2 Å². The van der Waals surface area contributed by atoms with E-state index in [1.165, 1.54) is 53.7 Å².